The molecule has 0 bridgehead atoms. The second-order valence-corrected chi connectivity index (χ2v) is 6.29. The Morgan fingerprint density at radius 2 is 1.93 bits per heavy atom. The Labute approximate surface area is 172 Å². The van der Waals surface area contributed by atoms with Crippen molar-refractivity contribution in [3.63, 3.8) is 0 Å². The van der Waals surface area contributed by atoms with E-state index in [4.69, 9.17) is 22.1 Å². The fourth-order valence-electron chi connectivity index (χ4n) is 2.59. The molecular weight excluding hydrogens is 395 g/mol. The van der Waals surface area contributed by atoms with Crippen molar-refractivity contribution < 1.29 is 9.13 Å². The van der Waals surface area contributed by atoms with Gasteiger partial charge in [-0.3, -0.25) is 9.55 Å². The molecule has 2 aromatic heterocycles. The molecule has 3 rings (SSSR count). The average Bonchev–Trinajstić information content (AvgIpc) is 3.10. The van der Waals surface area contributed by atoms with Crippen molar-refractivity contribution >= 4 is 17.3 Å². The van der Waals surface area contributed by atoms with Crippen LogP contribution < -0.4 is 5.73 Å². The lowest BCUT2D eigenvalue weighted by Gasteiger charge is -2.09. The van der Waals surface area contributed by atoms with E-state index in [9.17, 15) is 4.39 Å². The Hall–Kier alpha value is -3.52. The minimum atomic E-state index is -0.418. The summed E-state index contributed by atoms with van der Waals surface area (Å²) < 4.78 is 20.0. The third kappa shape index (κ3) is 4.33. The Kier molecular flexibility index (Phi) is 6.04. The third-order valence-electron chi connectivity index (χ3n) is 4.03. The molecule has 7 nitrogen and oxygen atoms in total. The van der Waals surface area contributed by atoms with Crippen molar-refractivity contribution in [3.8, 4) is 22.8 Å². The normalized spacial score (nSPS) is 12.1. The molecule has 1 aromatic carbocycles. The SMILES string of the molecule is C=C/C(=C\C=C(/N)OC)n1c(C)nnc1-c1cnc(-c2ccc(F)cc2Cl)cn1. The van der Waals surface area contributed by atoms with Gasteiger partial charge in [-0.25, -0.2) is 9.37 Å². The highest BCUT2D eigenvalue weighted by molar-refractivity contribution is 6.33. The van der Waals surface area contributed by atoms with Crippen LogP contribution in [0.4, 0.5) is 4.39 Å². The van der Waals surface area contributed by atoms with Crippen molar-refractivity contribution in [3.05, 3.63) is 77.9 Å². The van der Waals surface area contributed by atoms with Gasteiger partial charge in [-0.1, -0.05) is 18.2 Å². The number of nitrogens with two attached hydrogens (primary N) is 1. The Morgan fingerprint density at radius 1 is 1.21 bits per heavy atom. The van der Waals surface area contributed by atoms with E-state index < -0.39 is 5.82 Å². The van der Waals surface area contributed by atoms with Crippen LogP contribution >= 0.6 is 11.6 Å². The number of aryl methyl sites for hydroxylation is 1. The topological polar surface area (TPSA) is 91.7 Å². The zero-order valence-corrected chi connectivity index (χ0v) is 16.6. The molecule has 3 aromatic rings. The average molecular weight is 413 g/mol. The maximum absolute atomic E-state index is 13.3. The largest absolute Gasteiger partial charge is 0.483 e. The fourth-order valence-corrected chi connectivity index (χ4v) is 2.85. The second kappa shape index (κ2) is 8.66. The van der Waals surface area contributed by atoms with Crippen LogP contribution in [0.25, 0.3) is 28.5 Å². The van der Waals surface area contributed by atoms with Crippen molar-refractivity contribution in [1.82, 2.24) is 24.7 Å². The molecule has 0 radical (unpaired) electrons. The smallest absolute Gasteiger partial charge is 0.188 e. The van der Waals surface area contributed by atoms with Crippen LogP contribution in [0.2, 0.25) is 5.02 Å². The lowest BCUT2D eigenvalue weighted by molar-refractivity contribution is 0.287. The van der Waals surface area contributed by atoms with Gasteiger partial charge in [-0.15, -0.1) is 10.2 Å². The number of halogens is 2. The van der Waals surface area contributed by atoms with E-state index in [1.165, 1.54) is 19.2 Å². The minimum Gasteiger partial charge on any atom is -0.483 e. The summed E-state index contributed by atoms with van der Waals surface area (Å²) in [7, 11) is 1.48. The maximum Gasteiger partial charge on any atom is 0.188 e. The molecule has 0 aliphatic carbocycles. The minimum absolute atomic E-state index is 0.247. The molecule has 0 aliphatic heterocycles. The number of ether oxygens (including phenoxy) is 1. The molecule has 0 unspecified atom stereocenters. The van der Waals surface area contributed by atoms with E-state index >= 15 is 0 Å². The molecule has 0 spiro atoms. The van der Waals surface area contributed by atoms with Gasteiger partial charge in [0.25, 0.3) is 0 Å². The van der Waals surface area contributed by atoms with Gasteiger partial charge in [0, 0.05) is 11.3 Å². The molecule has 9 heteroatoms. The summed E-state index contributed by atoms with van der Waals surface area (Å²) >= 11 is 6.10. The molecule has 0 aliphatic rings. The quantitative estimate of drug-likeness (QED) is 0.486. The zero-order valence-electron chi connectivity index (χ0n) is 15.8. The number of hydrogen-bond donors (Lipinski definition) is 1. The molecule has 0 saturated carbocycles. The van der Waals surface area contributed by atoms with E-state index in [1.807, 2.05) is 0 Å². The van der Waals surface area contributed by atoms with Crippen LogP contribution in [0.5, 0.6) is 0 Å². The van der Waals surface area contributed by atoms with Crippen LogP contribution in [0.3, 0.4) is 0 Å². The van der Waals surface area contributed by atoms with Crippen molar-refractivity contribution in [1.29, 1.82) is 0 Å². The number of nitrogens with zero attached hydrogens (tertiary/aromatic N) is 5. The van der Waals surface area contributed by atoms with E-state index in [1.54, 1.807) is 48.2 Å². The number of hydrogen-bond acceptors (Lipinski definition) is 6. The molecule has 0 atom stereocenters. The molecule has 2 N–H and O–H groups in total. The molecule has 2 heterocycles. The summed E-state index contributed by atoms with van der Waals surface area (Å²) in [5, 5.41) is 8.58. The van der Waals surface area contributed by atoms with E-state index in [0.29, 0.717) is 34.3 Å². The maximum atomic E-state index is 13.3. The van der Waals surface area contributed by atoms with Gasteiger partial charge in [0.2, 0.25) is 0 Å². The van der Waals surface area contributed by atoms with Gasteiger partial charge < -0.3 is 10.5 Å². The highest BCUT2D eigenvalue weighted by atomic mass is 35.5. The zero-order chi connectivity index (χ0) is 21.0. The predicted octanol–water partition coefficient (Wildman–Crippen LogP) is 3.98. The van der Waals surface area contributed by atoms with Gasteiger partial charge >= 0.3 is 0 Å². The summed E-state index contributed by atoms with van der Waals surface area (Å²) in [5.41, 5.74) is 7.93. The number of allylic oxidation sites excluding steroid dienone is 4. The van der Waals surface area contributed by atoms with E-state index in [0.717, 1.165) is 0 Å². The second-order valence-electron chi connectivity index (χ2n) is 5.89. The molecule has 148 valence electrons. The summed E-state index contributed by atoms with van der Waals surface area (Å²) in [6.07, 6.45) is 8.06. The first-order valence-corrected chi connectivity index (χ1v) is 8.86. The van der Waals surface area contributed by atoms with E-state index in [2.05, 4.69) is 26.7 Å². The molecule has 0 saturated heterocycles. The predicted molar refractivity (Wildman–Crippen MR) is 110 cm³/mol. The lowest BCUT2D eigenvalue weighted by Crippen LogP contribution is -2.03. The summed E-state index contributed by atoms with van der Waals surface area (Å²) in [6, 6.07) is 4.10. The van der Waals surface area contributed by atoms with Gasteiger partial charge in [0.15, 0.2) is 11.7 Å². The summed E-state index contributed by atoms with van der Waals surface area (Å²) in [5.74, 6) is 0.932. The monoisotopic (exact) mass is 412 g/mol. The standard InChI is InChI=1S/C20H18ClFN6O/c1-4-14(6-8-19(23)29-3)28-12(2)26-27-20(28)18-11-24-17(10-25-18)15-7-5-13(22)9-16(15)21/h4-11H,1,23H2,2-3H3/b14-6+,19-8+. The van der Waals surface area contributed by atoms with Crippen LogP contribution in [-0.4, -0.2) is 31.8 Å². The van der Waals surface area contributed by atoms with Crippen LogP contribution in [0.15, 0.2) is 61.3 Å². The number of methoxy groups -OCH3 is 1. The Bertz CT molecular complexity index is 1100. The van der Waals surface area contributed by atoms with Gasteiger partial charge in [0.1, 0.15) is 17.3 Å². The molecule has 0 fully saturated rings. The highest BCUT2D eigenvalue weighted by Gasteiger charge is 2.15. The summed E-state index contributed by atoms with van der Waals surface area (Å²) in [6.45, 7) is 5.63. The first kappa shape index (κ1) is 20.2. The first-order valence-electron chi connectivity index (χ1n) is 8.48. The number of rotatable bonds is 6. The molecule has 0 amide bonds. The van der Waals surface area contributed by atoms with Gasteiger partial charge in [0.05, 0.1) is 30.2 Å². The Morgan fingerprint density at radius 3 is 2.55 bits per heavy atom. The van der Waals surface area contributed by atoms with E-state index in [-0.39, 0.29) is 10.9 Å². The van der Waals surface area contributed by atoms with Crippen LogP contribution in [0.1, 0.15) is 5.82 Å². The van der Waals surface area contributed by atoms with Crippen molar-refractivity contribution in [2.45, 2.75) is 6.92 Å². The third-order valence-corrected chi connectivity index (χ3v) is 4.35. The highest BCUT2D eigenvalue weighted by Crippen LogP contribution is 2.28. The lowest BCUT2D eigenvalue weighted by atomic mass is 10.1. The number of aromatic nitrogens is 5. The summed E-state index contributed by atoms with van der Waals surface area (Å²) in [4.78, 5) is 8.82. The molecular formula is C20H18ClFN6O. The Balaban J connectivity index is 2.01. The van der Waals surface area contributed by atoms with Crippen molar-refractivity contribution in [2.24, 2.45) is 5.73 Å². The number of benzene rings is 1. The van der Waals surface area contributed by atoms with Gasteiger partial charge in [-0.05, 0) is 43.4 Å². The van der Waals surface area contributed by atoms with Crippen LogP contribution in [0, 0.1) is 12.7 Å². The van der Waals surface area contributed by atoms with Crippen molar-refractivity contribution in [2.75, 3.05) is 7.11 Å². The van der Waals surface area contributed by atoms with Gasteiger partial charge in [-0.2, -0.15) is 0 Å². The first-order chi connectivity index (χ1) is 13.9. The fraction of sp³-hybridized carbons (Fsp3) is 0.100. The van der Waals surface area contributed by atoms with Crippen LogP contribution in [-0.2, 0) is 4.74 Å². The molecule has 29 heavy (non-hydrogen) atoms.